The number of hydrogen-bond donors (Lipinski definition) is 2. The average molecular weight is 429 g/mol. The summed E-state index contributed by atoms with van der Waals surface area (Å²) in [5, 5.41) is 19.8. The Hall–Kier alpha value is -3.23. The van der Waals surface area contributed by atoms with E-state index >= 15 is 0 Å². The molecule has 1 heterocycles. The zero-order valence-electron chi connectivity index (χ0n) is 17.1. The Morgan fingerprint density at radius 1 is 1.06 bits per heavy atom. The van der Waals surface area contributed by atoms with E-state index in [-0.39, 0.29) is 37.7 Å². The molecule has 1 atom stereocenters. The Balaban J connectivity index is 2.02. The molecule has 1 amide bonds. The molecule has 2 aromatic carbocycles. The maximum absolute atomic E-state index is 13.5. The van der Waals surface area contributed by atoms with E-state index in [2.05, 4.69) is 0 Å². The highest BCUT2D eigenvalue weighted by molar-refractivity contribution is 6.46. The van der Waals surface area contributed by atoms with Crippen LogP contribution in [0.25, 0.3) is 5.76 Å². The number of Topliss-reactive ketones (excluding diaryl/α,β-unsaturated/α-hetero) is 1. The van der Waals surface area contributed by atoms with Crippen molar-refractivity contribution >= 4 is 17.4 Å². The number of benzene rings is 2. The number of ketones is 1. The zero-order chi connectivity index (χ0) is 22.4. The molecule has 2 aromatic rings. The van der Waals surface area contributed by atoms with Crippen molar-refractivity contribution in [3.05, 3.63) is 71.0 Å². The van der Waals surface area contributed by atoms with Crippen molar-refractivity contribution in [2.75, 3.05) is 33.0 Å². The van der Waals surface area contributed by atoms with Gasteiger partial charge < -0.3 is 24.6 Å². The second-order valence-corrected chi connectivity index (χ2v) is 6.84. The van der Waals surface area contributed by atoms with E-state index in [0.29, 0.717) is 23.5 Å². The Kier molecular flexibility index (Phi) is 7.38. The van der Waals surface area contributed by atoms with Crippen LogP contribution < -0.4 is 4.74 Å². The minimum Gasteiger partial charge on any atom is -0.507 e. The summed E-state index contributed by atoms with van der Waals surface area (Å²) in [5.74, 6) is -1.79. The summed E-state index contributed by atoms with van der Waals surface area (Å²) in [7, 11) is 0. The van der Waals surface area contributed by atoms with E-state index in [4.69, 9.17) is 14.6 Å². The number of carbonyl (C=O) groups is 2. The monoisotopic (exact) mass is 429 g/mol. The van der Waals surface area contributed by atoms with Crippen molar-refractivity contribution in [2.24, 2.45) is 0 Å². The smallest absolute Gasteiger partial charge is 0.295 e. The first kappa shape index (κ1) is 22.5. The van der Waals surface area contributed by atoms with Crippen LogP contribution in [-0.4, -0.2) is 59.8 Å². The minimum atomic E-state index is -0.898. The van der Waals surface area contributed by atoms with Crippen molar-refractivity contribution in [1.29, 1.82) is 0 Å². The summed E-state index contributed by atoms with van der Waals surface area (Å²) in [6, 6.07) is 11.0. The van der Waals surface area contributed by atoms with Crippen LogP contribution in [0.4, 0.5) is 4.39 Å². The molecule has 164 valence electrons. The van der Waals surface area contributed by atoms with Crippen molar-refractivity contribution in [3.63, 3.8) is 0 Å². The summed E-state index contributed by atoms with van der Waals surface area (Å²) in [6.07, 6.45) is 0. The van der Waals surface area contributed by atoms with Gasteiger partial charge in [-0.3, -0.25) is 9.59 Å². The first-order chi connectivity index (χ1) is 15.0. The topological polar surface area (TPSA) is 96.3 Å². The fourth-order valence-corrected chi connectivity index (χ4v) is 3.46. The highest BCUT2D eigenvalue weighted by atomic mass is 19.1. The van der Waals surface area contributed by atoms with Gasteiger partial charge in [0.2, 0.25) is 0 Å². The fourth-order valence-electron chi connectivity index (χ4n) is 3.46. The number of amides is 1. The molecular formula is C23H24FNO6. The molecule has 0 spiro atoms. The summed E-state index contributed by atoms with van der Waals surface area (Å²) in [6.45, 7) is 2.41. The quantitative estimate of drug-likeness (QED) is 0.275. The molecule has 2 N–H and O–H groups in total. The molecule has 1 aliphatic heterocycles. The molecule has 0 unspecified atom stereocenters. The predicted molar refractivity (Wildman–Crippen MR) is 111 cm³/mol. The van der Waals surface area contributed by atoms with Gasteiger partial charge in [0.1, 0.15) is 17.3 Å². The van der Waals surface area contributed by atoms with Crippen LogP contribution in [-0.2, 0) is 14.3 Å². The fraction of sp³-hybridized carbons (Fsp3) is 0.304. The van der Waals surface area contributed by atoms with E-state index in [9.17, 15) is 19.1 Å². The third-order valence-electron chi connectivity index (χ3n) is 4.88. The summed E-state index contributed by atoms with van der Waals surface area (Å²) in [4.78, 5) is 26.9. The molecule has 1 fully saturated rings. The highest BCUT2D eigenvalue weighted by Gasteiger charge is 2.45. The standard InChI is InChI=1S/C23H24FNO6/c1-2-31-18-9-5-16(6-10-18)21(27)19-20(15-3-7-17(24)8-4-15)25(23(29)22(19)28)11-13-30-14-12-26/h3-10,20,26-27H,2,11-14H2,1H3/t20-/m0/s1. The van der Waals surface area contributed by atoms with E-state index in [1.54, 1.807) is 24.3 Å². The molecule has 3 rings (SSSR count). The molecule has 31 heavy (non-hydrogen) atoms. The van der Waals surface area contributed by atoms with Crippen molar-refractivity contribution in [2.45, 2.75) is 13.0 Å². The lowest BCUT2D eigenvalue weighted by atomic mass is 9.95. The summed E-state index contributed by atoms with van der Waals surface area (Å²) in [5.41, 5.74) is 0.753. The number of ether oxygens (including phenoxy) is 2. The second kappa shape index (κ2) is 10.2. The molecule has 0 aromatic heterocycles. The molecular weight excluding hydrogens is 405 g/mol. The van der Waals surface area contributed by atoms with Crippen molar-refractivity contribution in [3.8, 4) is 5.75 Å². The number of nitrogens with zero attached hydrogens (tertiary/aromatic N) is 1. The molecule has 1 saturated heterocycles. The first-order valence-electron chi connectivity index (χ1n) is 9.93. The third-order valence-corrected chi connectivity index (χ3v) is 4.88. The number of carbonyl (C=O) groups excluding carboxylic acids is 2. The van der Waals surface area contributed by atoms with Crippen LogP contribution in [0.2, 0.25) is 0 Å². The SMILES string of the molecule is CCOc1ccc(C(O)=C2C(=O)C(=O)N(CCOCCO)[C@H]2c2ccc(F)cc2)cc1. The molecule has 8 heteroatoms. The number of rotatable bonds is 9. The predicted octanol–water partition coefficient (Wildman–Crippen LogP) is 2.66. The van der Waals surface area contributed by atoms with Crippen LogP contribution in [0.3, 0.4) is 0 Å². The molecule has 0 radical (unpaired) electrons. The Morgan fingerprint density at radius 2 is 1.74 bits per heavy atom. The van der Waals surface area contributed by atoms with Crippen LogP contribution in [0.15, 0.2) is 54.1 Å². The maximum Gasteiger partial charge on any atom is 0.295 e. The van der Waals surface area contributed by atoms with E-state index in [1.165, 1.54) is 29.2 Å². The number of aliphatic hydroxyl groups is 2. The number of hydrogen-bond acceptors (Lipinski definition) is 6. The second-order valence-electron chi connectivity index (χ2n) is 6.84. The lowest BCUT2D eigenvalue weighted by Gasteiger charge is -2.25. The average Bonchev–Trinajstić information content (AvgIpc) is 3.02. The normalized spacial score (nSPS) is 17.9. The summed E-state index contributed by atoms with van der Waals surface area (Å²) < 4.78 is 24.1. The van der Waals surface area contributed by atoms with E-state index in [0.717, 1.165) is 0 Å². The van der Waals surface area contributed by atoms with Gasteiger partial charge in [0.15, 0.2) is 0 Å². The Bertz CT molecular complexity index is 955. The van der Waals surface area contributed by atoms with E-state index in [1.807, 2.05) is 6.92 Å². The van der Waals surface area contributed by atoms with Crippen LogP contribution in [0.5, 0.6) is 5.75 Å². The van der Waals surface area contributed by atoms with Gasteiger partial charge in [-0.25, -0.2) is 4.39 Å². The lowest BCUT2D eigenvalue weighted by molar-refractivity contribution is -0.140. The highest BCUT2D eigenvalue weighted by Crippen LogP contribution is 2.39. The molecule has 0 bridgehead atoms. The number of aliphatic hydroxyl groups excluding tert-OH is 2. The Morgan fingerprint density at radius 3 is 2.35 bits per heavy atom. The molecule has 1 aliphatic rings. The van der Waals surface area contributed by atoms with Crippen molar-refractivity contribution in [1.82, 2.24) is 4.90 Å². The van der Waals surface area contributed by atoms with Gasteiger partial charge in [-0.1, -0.05) is 12.1 Å². The molecule has 0 aliphatic carbocycles. The van der Waals surface area contributed by atoms with Crippen molar-refractivity contribution < 1.29 is 33.7 Å². The van der Waals surface area contributed by atoms with Gasteiger partial charge in [0.05, 0.1) is 38.0 Å². The summed E-state index contributed by atoms with van der Waals surface area (Å²) >= 11 is 0. The van der Waals surface area contributed by atoms with Gasteiger partial charge in [0, 0.05) is 12.1 Å². The Labute approximate surface area is 179 Å². The maximum atomic E-state index is 13.5. The molecule has 7 nitrogen and oxygen atoms in total. The number of halogens is 1. The minimum absolute atomic E-state index is 0.0622. The zero-order valence-corrected chi connectivity index (χ0v) is 17.1. The van der Waals surface area contributed by atoms with Gasteiger partial charge in [-0.05, 0) is 48.9 Å². The van der Waals surface area contributed by atoms with Gasteiger partial charge >= 0.3 is 0 Å². The number of likely N-dealkylation sites (tertiary alicyclic amines) is 1. The lowest BCUT2D eigenvalue weighted by Crippen LogP contribution is -2.33. The molecule has 0 saturated carbocycles. The van der Waals surface area contributed by atoms with Gasteiger partial charge in [0.25, 0.3) is 11.7 Å². The van der Waals surface area contributed by atoms with Gasteiger partial charge in [-0.2, -0.15) is 0 Å². The van der Waals surface area contributed by atoms with Gasteiger partial charge in [-0.15, -0.1) is 0 Å². The largest absolute Gasteiger partial charge is 0.507 e. The third kappa shape index (κ3) is 4.92. The van der Waals surface area contributed by atoms with Crippen LogP contribution in [0.1, 0.15) is 24.1 Å². The van der Waals surface area contributed by atoms with Crippen LogP contribution >= 0.6 is 0 Å². The van der Waals surface area contributed by atoms with E-state index < -0.39 is 23.5 Å². The first-order valence-corrected chi connectivity index (χ1v) is 9.93. The van der Waals surface area contributed by atoms with Crippen LogP contribution in [0, 0.1) is 5.82 Å².